The normalized spacial score (nSPS) is 19.8. The van der Waals surface area contributed by atoms with Crippen molar-refractivity contribution in [2.75, 3.05) is 31.1 Å². The average Bonchev–Trinajstić information content (AvgIpc) is 3.03. The number of amidine groups is 1. The Morgan fingerprint density at radius 1 is 1.19 bits per heavy atom. The first-order chi connectivity index (χ1) is 7.93. The zero-order valence-corrected chi connectivity index (χ0v) is 9.45. The molecule has 1 aromatic rings. The molecule has 1 saturated heterocycles. The maximum absolute atomic E-state index is 4.46. The average molecular weight is 215 g/mol. The predicted octanol–water partition coefficient (Wildman–Crippen LogP) is 1.64. The molecule has 0 spiro atoms. The highest BCUT2D eigenvalue weighted by Crippen LogP contribution is 2.21. The summed E-state index contributed by atoms with van der Waals surface area (Å²) in [7, 11) is 0. The van der Waals surface area contributed by atoms with Crippen molar-refractivity contribution in [3.8, 4) is 0 Å². The first-order valence-corrected chi connectivity index (χ1v) is 6.07. The minimum absolute atomic E-state index is 0.906. The Morgan fingerprint density at radius 2 is 2.06 bits per heavy atom. The maximum atomic E-state index is 4.46. The van der Waals surface area contributed by atoms with Crippen molar-refractivity contribution < 1.29 is 0 Å². The lowest BCUT2D eigenvalue weighted by molar-refractivity contribution is 0.949. The van der Waals surface area contributed by atoms with Gasteiger partial charge in [0.1, 0.15) is 5.84 Å². The van der Waals surface area contributed by atoms with E-state index in [9.17, 15) is 0 Å². The molecule has 1 aromatic carbocycles. The fraction of sp³-hybridized carbons (Fsp3) is 0.462. The molecule has 3 nitrogen and oxygen atoms in total. The summed E-state index contributed by atoms with van der Waals surface area (Å²) in [4.78, 5) is 6.92. The first-order valence-electron chi connectivity index (χ1n) is 6.07. The summed E-state index contributed by atoms with van der Waals surface area (Å²) in [5.41, 5.74) is 2.56. The van der Waals surface area contributed by atoms with E-state index in [1.54, 1.807) is 0 Å². The molecule has 0 amide bonds. The number of hydrogen-bond acceptors (Lipinski definition) is 3. The Balaban J connectivity index is 1.87. The SMILES string of the molecule is c1cc(C2=NCCN2)cc(N2CCCC2)c1. The minimum Gasteiger partial charge on any atom is -0.372 e. The molecule has 0 bridgehead atoms. The van der Waals surface area contributed by atoms with Crippen molar-refractivity contribution >= 4 is 11.5 Å². The lowest BCUT2D eigenvalue weighted by atomic mass is 10.1. The number of nitrogens with one attached hydrogen (secondary N) is 1. The van der Waals surface area contributed by atoms with Crippen LogP contribution < -0.4 is 10.2 Å². The molecule has 3 heteroatoms. The van der Waals surface area contributed by atoms with Crippen molar-refractivity contribution in [3.05, 3.63) is 29.8 Å². The van der Waals surface area contributed by atoms with E-state index in [0.717, 1.165) is 18.9 Å². The van der Waals surface area contributed by atoms with Crippen molar-refractivity contribution in [2.45, 2.75) is 12.8 Å². The van der Waals surface area contributed by atoms with Gasteiger partial charge in [-0.15, -0.1) is 0 Å². The molecule has 0 atom stereocenters. The van der Waals surface area contributed by atoms with E-state index in [0.29, 0.717) is 0 Å². The van der Waals surface area contributed by atoms with Gasteiger partial charge in [-0.05, 0) is 25.0 Å². The molecule has 3 rings (SSSR count). The van der Waals surface area contributed by atoms with Crippen molar-refractivity contribution in [2.24, 2.45) is 4.99 Å². The first kappa shape index (κ1) is 9.70. The van der Waals surface area contributed by atoms with Crippen LogP contribution in [0.2, 0.25) is 0 Å². The smallest absolute Gasteiger partial charge is 0.128 e. The van der Waals surface area contributed by atoms with E-state index in [-0.39, 0.29) is 0 Å². The van der Waals surface area contributed by atoms with Crippen LogP contribution in [0.3, 0.4) is 0 Å². The standard InChI is InChI=1S/C13H17N3/c1-2-9-16(8-1)12-5-3-4-11(10-12)13-14-6-7-15-13/h3-5,10H,1-2,6-9H2,(H,14,15). The molecule has 0 aliphatic carbocycles. The van der Waals surface area contributed by atoms with Crippen molar-refractivity contribution in [1.82, 2.24) is 5.32 Å². The molecule has 0 unspecified atom stereocenters. The summed E-state index contributed by atoms with van der Waals surface area (Å²) in [6, 6.07) is 8.72. The largest absolute Gasteiger partial charge is 0.372 e. The van der Waals surface area contributed by atoms with Crippen LogP contribution in [0, 0.1) is 0 Å². The van der Waals surface area contributed by atoms with E-state index >= 15 is 0 Å². The zero-order valence-electron chi connectivity index (χ0n) is 9.45. The number of hydrogen-bond donors (Lipinski definition) is 1. The summed E-state index contributed by atoms with van der Waals surface area (Å²) in [5.74, 6) is 1.06. The van der Waals surface area contributed by atoms with Crippen LogP contribution in [0.25, 0.3) is 0 Å². The highest BCUT2D eigenvalue weighted by Gasteiger charge is 2.14. The molecule has 2 aliphatic heterocycles. The van der Waals surface area contributed by atoms with E-state index in [1.165, 1.54) is 37.2 Å². The van der Waals surface area contributed by atoms with E-state index < -0.39 is 0 Å². The van der Waals surface area contributed by atoms with Gasteiger partial charge in [-0.1, -0.05) is 12.1 Å². The maximum Gasteiger partial charge on any atom is 0.128 e. The topological polar surface area (TPSA) is 27.6 Å². The van der Waals surface area contributed by atoms with E-state index in [4.69, 9.17) is 0 Å². The summed E-state index contributed by atoms with van der Waals surface area (Å²) >= 11 is 0. The van der Waals surface area contributed by atoms with Crippen LogP contribution in [0.15, 0.2) is 29.3 Å². The number of anilines is 1. The van der Waals surface area contributed by atoms with Crippen molar-refractivity contribution in [1.29, 1.82) is 0 Å². The van der Waals surface area contributed by atoms with Gasteiger partial charge in [0.05, 0.1) is 6.54 Å². The molecule has 1 fully saturated rings. The van der Waals surface area contributed by atoms with Crippen LogP contribution >= 0.6 is 0 Å². The van der Waals surface area contributed by atoms with Gasteiger partial charge >= 0.3 is 0 Å². The van der Waals surface area contributed by atoms with Crippen LogP contribution in [-0.4, -0.2) is 32.0 Å². The lowest BCUT2D eigenvalue weighted by Crippen LogP contribution is -2.21. The van der Waals surface area contributed by atoms with Gasteiger partial charge in [0.25, 0.3) is 0 Å². The van der Waals surface area contributed by atoms with Crippen LogP contribution in [0.1, 0.15) is 18.4 Å². The van der Waals surface area contributed by atoms with E-state index in [2.05, 4.69) is 39.5 Å². The predicted molar refractivity (Wildman–Crippen MR) is 67.3 cm³/mol. The molecule has 2 heterocycles. The Morgan fingerprint density at radius 3 is 2.81 bits per heavy atom. The second-order valence-corrected chi connectivity index (χ2v) is 4.40. The van der Waals surface area contributed by atoms with Gasteiger partial charge in [0.15, 0.2) is 0 Å². The highest BCUT2D eigenvalue weighted by atomic mass is 15.1. The van der Waals surface area contributed by atoms with E-state index in [1.807, 2.05) is 0 Å². The monoisotopic (exact) mass is 215 g/mol. The van der Waals surface area contributed by atoms with Crippen LogP contribution in [0.4, 0.5) is 5.69 Å². The molecule has 2 aliphatic rings. The third-order valence-electron chi connectivity index (χ3n) is 3.26. The third kappa shape index (κ3) is 1.77. The quantitative estimate of drug-likeness (QED) is 0.812. The highest BCUT2D eigenvalue weighted by molar-refractivity contribution is 6.00. The number of aliphatic imine (C=N–C) groups is 1. The Labute approximate surface area is 96.2 Å². The fourth-order valence-corrected chi connectivity index (χ4v) is 2.42. The molecule has 0 saturated carbocycles. The summed E-state index contributed by atoms with van der Waals surface area (Å²) in [5, 5.41) is 3.32. The third-order valence-corrected chi connectivity index (χ3v) is 3.26. The van der Waals surface area contributed by atoms with Crippen LogP contribution in [0.5, 0.6) is 0 Å². The summed E-state index contributed by atoms with van der Waals surface area (Å²) in [6.45, 7) is 4.28. The molecule has 0 aromatic heterocycles. The lowest BCUT2D eigenvalue weighted by Gasteiger charge is -2.18. The van der Waals surface area contributed by atoms with Gasteiger partial charge < -0.3 is 10.2 Å². The Hall–Kier alpha value is -1.51. The molecule has 84 valence electrons. The molecule has 16 heavy (non-hydrogen) atoms. The van der Waals surface area contributed by atoms with Gasteiger partial charge in [-0.2, -0.15) is 0 Å². The second-order valence-electron chi connectivity index (χ2n) is 4.40. The second kappa shape index (κ2) is 4.16. The van der Waals surface area contributed by atoms with Gasteiger partial charge in [0.2, 0.25) is 0 Å². The zero-order chi connectivity index (χ0) is 10.8. The van der Waals surface area contributed by atoms with Gasteiger partial charge in [-0.3, -0.25) is 4.99 Å². The summed E-state index contributed by atoms with van der Waals surface area (Å²) < 4.78 is 0. The molecule has 1 N–H and O–H groups in total. The Bertz CT molecular complexity index is 405. The number of benzene rings is 1. The minimum atomic E-state index is 0.906. The van der Waals surface area contributed by atoms with Gasteiger partial charge in [-0.25, -0.2) is 0 Å². The fourth-order valence-electron chi connectivity index (χ4n) is 2.42. The summed E-state index contributed by atoms with van der Waals surface area (Å²) in [6.07, 6.45) is 2.65. The molecular weight excluding hydrogens is 198 g/mol. The number of rotatable bonds is 2. The molecular formula is C13H17N3. The molecule has 0 radical (unpaired) electrons. The number of nitrogens with zero attached hydrogens (tertiary/aromatic N) is 2. The van der Waals surface area contributed by atoms with Crippen LogP contribution in [-0.2, 0) is 0 Å². The Kier molecular flexibility index (Phi) is 2.52. The van der Waals surface area contributed by atoms with Crippen molar-refractivity contribution in [3.63, 3.8) is 0 Å². The van der Waals surface area contributed by atoms with Gasteiger partial charge in [0, 0.05) is 30.9 Å².